The van der Waals surface area contributed by atoms with E-state index in [1.807, 2.05) is 0 Å². The van der Waals surface area contributed by atoms with Crippen LogP contribution in [0.5, 0.6) is 0 Å². The van der Waals surface area contributed by atoms with Gasteiger partial charge in [0.25, 0.3) is 0 Å². The molecule has 0 rings (SSSR count). The number of nitrogens with zero attached hydrogens (tertiary/aromatic N) is 2. The molecule has 0 aliphatic rings. The summed E-state index contributed by atoms with van der Waals surface area (Å²) in [4.78, 5) is 5.41. The van der Waals surface area contributed by atoms with Gasteiger partial charge in [0.1, 0.15) is 0 Å². The standard InChI is InChI=1S/C20H44N2/c1-5-9-15-21(16-10-6-2)19-13-14-20-22(17-11-7-3)18-12-8-4/h5-20H2,1-4H3. The van der Waals surface area contributed by atoms with Crippen molar-refractivity contribution in [2.45, 2.75) is 91.9 Å². The molecule has 0 radical (unpaired) electrons. The second kappa shape index (κ2) is 17.3. The van der Waals surface area contributed by atoms with E-state index in [0.29, 0.717) is 0 Å². The molecule has 0 aliphatic carbocycles. The molecular weight excluding hydrogens is 268 g/mol. The van der Waals surface area contributed by atoms with Gasteiger partial charge in [-0.1, -0.05) is 53.4 Å². The molecule has 2 nitrogen and oxygen atoms in total. The molecule has 0 bridgehead atoms. The molecular formula is C20H44N2. The zero-order chi connectivity index (χ0) is 16.5. The zero-order valence-corrected chi connectivity index (χ0v) is 16.2. The Morgan fingerprint density at radius 2 is 0.591 bits per heavy atom. The Labute approximate surface area is 141 Å². The highest BCUT2D eigenvalue weighted by Crippen LogP contribution is 2.05. The van der Waals surface area contributed by atoms with Crippen LogP contribution in [0.3, 0.4) is 0 Å². The Bertz CT molecular complexity index is 168. The highest BCUT2D eigenvalue weighted by molar-refractivity contribution is 4.62. The summed E-state index contributed by atoms with van der Waals surface area (Å²) in [6.07, 6.45) is 13.5. The van der Waals surface area contributed by atoms with Crippen LogP contribution in [0.15, 0.2) is 0 Å². The molecule has 0 saturated carbocycles. The van der Waals surface area contributed by atoms with Crippen molar-refractivity contribution in [2.75, 3.05) is 39.3 Å². The van der Waals surface area contributed by atoms with Crippen LogP contribution in [0.2, 0.25) is 0 Å². The van der Waals surface area contributed by atoms with Crippen LogP contribution >= 0.6 is 0 Å². The highest BCUT2D eigenvalue weighted by atomic mass is 15.1. The first-order chi connectivity index (χ1) is 10.8. The predicted molar refractivity (Wildman–Crippen MR) is 102 cm³/mol. The van der Waals surface area contributed by atoms with Gasteiger partial charge in [0, 0.05) is 0 Å². The van der Waals surface area contributed by atoms with Gasteiger partial charge in [0.2, 0.25) is 0 Å². The fraction of sp³-hybridized carbons (Fsp3) is 1.00. The van der Waals surface area contributed by atoms with Crippen LogP contribution in [0.4, 0.5) is 0 Å². The van der Waals surface area contributed by atoms with Crippen molar-refractivity contribution < 1.29 is 0 Å². The molecule has 0 aromatic carbocycles. The minimum absolute atomic E-state index is 1.31. The molecule has 0 amide bonds. The van der Waals surface area contributed by atoms with E-state index in [-0.39, 0.29) is 0 Å². The van der Waals surface area contributed by atoms with E-state index < -0.39 is 0 Å². The molecule has 134 valence electrons. The van der Waals surface area contributed by atoms with E-state index in [1.165, 1.54) is 103 Å². The molecule has 0 fully saturated rings. The lowest BCUT2D eigenvalue weighted by atomic mass is 10.2. The van der Waals surface area contributed by atoms with Gasteiger partial charge in [0.05, 0.1) is 0 Å². The summed E-state index contributed by atoms with van der Waals surface area (Å²) < 4.78 is 0. The smallest absolute Gasteiger partial charge is 0.00183 e. The van der Waals surface area contributed by atoms with Crippen molar-refractivity contribution in [3.8, 4) is 0 Å². The molecule has 0 unspecified atom stereocenters. The maximum Gasteiger partial charge on any atom is -0.00183 e. The average molecular weight is 313 g/mol. The van der Waals surface area contributed by atoms with Crippen LogP contribution in [0.1, 0.15) is 91.9 Å². The largest absolute Gasteiger partial charge is 0.303 e. The third kappa shape index (κ3) is 13.6. The third-order valence-corrected chi connectivity index (χ3v) is 4.51. The summed E-state index contributed by atoms with van der Waals surface area (Å²) >= 11 is 0. The monoisotopic (exact) mass is 312 g/mol. The van der Waals surface area contributed by atoms with E-state index in [1.54, 1.807) is 0 Å². The van der Waals surface area contributed by atoms with E-state index in [0.717, 1.165) is 0 Å². The highest BCUT2D eigenvalue weighted by Gasteiger charge is 2.06. The SMILES string of the molecule is CCCCN(CCCC)CCCCN(CCCC)CCCC. The Morgan fingerprint density at radius 3 is 0.818 bits per heavy atom. The Hall–Kier alpha value is -0.0800. The summed E-state index contributed by atoms with van der Waals surface area (Å²) in [7, 11) is 0. The second-order valence-electron chi connectivity index (χ2n) is 6.80. The number of unbranched alkanes of at least 4 members (excludes halogenated alkanes) is 5. The van der Waals surface area contributed by atoms with E-state index in [4.69, 9.17) is 0 Å². The lowest BCUT2D eigenvalue weighted by Crippen LogP contribution is -2.30. The molecule has 22 heavy (non-hydrogen) atoms. The summed E-state index contributed by atoms with van der Waals surface area (Å²) in [6, 6.07) is 0. The second-order valence-corrected chi connectivity index (χ2v) is 6.80. The molecule has 0 aromatic heterocycles. The van der Waals surface area contributed by atoms with E-state index in [2.05, 4.69) is 37.5 Å². The van der Waals surface area contributed by atoms with Gasteiger partial charge in [0.15, 0.2) is 0 Å². The molecule has 0 aliphatic heterocycles. The van der Waals surface area contributed by atoms with Crippen molar-refractivity contribution >= 4 is 0 Å². The van der Waals surface area contributed by atoms with Crippen molar-refractivity contribution in [3.63, 3.8) is 0 Å². The average Bonchev–Trinajstić information content (AvgIpc) is 2.54. The van der Waals surface area contributed by atoms with Crippen molar-refractivity contribution in [2.24, 2.45) is 0 Å². The van der Waals surface area contributed by atoms with Crippen LogP contribution in [-0.2, 0) is 0 Å². The van der Waals surface area contributed by atoms with Crippen molar-refractivity contribution in [1.82, 2.24) is 9.80 Å². The van der Waals surface area contributed by atoms with Crippen LogP contribution in [0.25, 0.3) is 0 Å². The lowest BCUT2D eigenvalue weighted by Gasteiger charge is -2.24. The Morgan fingerprint density at radius 1 is 0.364 bits per heavy atom. The lowest BCUT2D eigenvalue weighted by molar-refractivity contribution is 0.233. The minimum Gasteiger partial charge on any atom is -0.303 e. The van der Waals surface area contributed by atoms with E-state index >= 15 is 0 Å². The first-order valence-corrected chi connectivity index (χ1v) is 10.2. The summed E-state index contributed by atoms with van der Waals surface area (Å²) in [5, 5.41) is 0. The minimum atomic E-state index is 1.31. The molecule has 0 N–H and O–H groups in total. The van der Waals surface area contributed by atoms with Crippen molar-refractivity contribution in [1.29, 1.82) is 0 Å². The van der Waals surface area contributed by atoms with Crippen molar-refractivity contribution in [3.05, 3.63) is 0 Å². The van der Waals surface area contributed by atoms with Crippen LogP contribution < -0.4 is 0 Å². The van der Waals surface area contributed by atoms with Gasteiger partial charge >= 0.3 is 0 Å². The first-order valence-electron chi connectivity index (χ1n) is 10.2. The quantitative estimate of drug-likeness (QED) is 0.324. The molecule has 0 heterocycles. The summed E-state index contributed by atoms with van der Waals surface area (Å²) in [5.41, 5.74) is 0. The topological polar surface area (TPSA) is 6.48 Å². The normalized spacial score (nSPS) is 11.7. The van der Waals surface area contributed by atoms with Crippen LogP contribution in [0, 0.1) is 0 Å². The zero-order valence-electron chi connectivity index (χ0n) is 16.2. The number of hydrogen-bond acceptors (Lipinski definition) is 2. The third-order valence-electron chi connectivity index (χ3n) is 4.51. The van der Waals surface area contributed by atoms with Gasteiger partial charge in [-0.25, -0.2) is 0 Å². The molecule has 2 heteroatoms. The summed E-state index contributed by atoms with van der Waals surface area (Å²) in [5.74, 6) is 0. The summed E-state index contributed by atoms with van der Waals surface area (Å²) in [6.45, 7) is 17.1. The fourth-order valence-corrected chi connectivity index (χ4v) is 2.87. The van der Waals surface area contributed by atoms with Gasteiger partial charge in [-0.05, 0) is 77.8 Å². The van der Waals surface area contributed by atoms with Gasteiger partial charge < -0.3 is 9.80 Å². The fourth-order valence-electron chi connectivity index (χ4n) is 2.87. The maximum absolute atomic E-state index is 2.70. The predicted octanol–water partition coefficient (Wildman–Crippen LogP) is 5.57. The molecule has 0 saturated heterocycles. The number of hydrogen-bond donors (Lipinski definition) is 0. The Kier molecular flexibility index (Phi) is 17.2. The van der Waals surface area contributed by atoms with Gasteiger partial charge in [-0.2, -0.15) is 0 Å². The molecule has 0 spiro atoms. The van der Waals surface area contributed by atoms with E-state index in [9.17, 15) is 0 Å². The molecule has 0 aromatic rings. The van der Waals surface area contributed by atoms with Gasteiger partial charge in [-0.3, -0.25) is 0 Å². The first kappa shape index (κ1) is 21.9. The Balaban J connectivity index is 3.88. The van der Waals surface area contributed by atoms with Gasteiger partial charge in [-0.15, -0.1) is 0 Å². The maximum atomic E-state index is 2.70. The number of rotatable bonds is 17. The van der Waals surface area contributed by atoms with Crippen LogP contribution in [-0.4, -0.2) is 49.1 Å². The molecule has 0 atom stereocenters.